The van der Waals surface area contributed by atoms with E-state index in [1.807, 2.05) is 0 Å². The molecule has 0 saturated heterocycles. The number of rotatable bonds is 9. The maximum atomic E-state index is 14.5. The molecular weight excluding hydrogens is 399 g/mol. The van der Waals surface area contributed by atoms with Gasteiger partial charge in [-0.25, -0.2) is 4.39 Å². The number of nitrogens with zero attached hydrogens (tertiary/aromatic N) is 1. The van der Waals surface area contributed by atoms with Crippen molar-refractivity contribution in [1.29, 1.82) is 0 Å². The predicted octanol–water partition coefficient (Wildman–Crippen LogP) is 2.57. The third-order valence-corrected chi connectivity index (χ3v) is 5.38. The Morgan fingerprint density at radius 1 is 1.29 bits per heavy atom. The highest BCUT2D eigenvalue weighted by Gasteiger charge is 2.36. The van der Waals surface area contributed by atoms with E-state index in [4.69, 9.17) is 5.73 Å². The van der Waals surface area contributed by atoms with Crippen LogP contribution in [0, 0.1) is 5.82 Å². The van der Waals surface area contributed by atoms with Crippen LogP contribution in [0.1, 0.15) is 44.7 Å². The van der Waals surface area contributed by atoms with Gasteiger partial charge in [0, 0.05) is 42.5 Å². The summed E-state index contributed by atoms with van der Waals surface area (Å²) in [4.78, 5) is 38.3. The average Bonchev–Trinajstić information content (AvgIpc) is 3.10. The molecule has 3 rings (SSSR count). The molecule has 0 fully saturated rings. The van der Waals surface area contributed by atoms with Crippen molar-refractivity contribution in [3.05, 3.63) is 77.1 Å². The molecule has 0 saturated carbocycles. The monoisotopic (exact) mass is 424 g/mol. The minimum atomic E-state index is -0.832. The van der Waals surface area contributed by atoms with Crippen LogP contribution in [0.15, 0.2) is 49.1 Å². The number of likely N-dealkylation sites (N-methyl/N-ethyl adjacent to an activating group) is 1. The van der Waals surface area contributed by atoms with Gasteiger partial charge in [-0.1, -0.05) is 24.3 Å². The van der Waals surface area contributed by atoms with Crippen LogP contribution in [0.4, 0.5) is 10.1 Å². The SMILES string of the molecule is C=CCCC(C(=O)NC)N1Cc2c(NCc3cccc(C(N)=O)c3F)cccc2C1=O. The van der Waals surface area contributed by atoms with Crippen molar-refractivity contribution >= 4 is 23.4 Å². The second kappa shape index (κ2) is 9.42. The minimum Gasteiger partial charge on any atom is -0.381 e. The number of amides is 3. The van der Waals surface area contributed by atoms with Crippen molar-refractivity contribution in [3.63, 3.8) is 0 Å². The van der Waals surface area contributed by atoms with Crippen molar-refractivity contribution in [2.75, 3.05) is 12.4 Å². The number of nitrogens with two attached hydrogens (primary N) is 1. The summed E-state index contributed by atoms with van der Waals surface area (Å²) in [7, 11) is 1.54. The van der Waals surface area contributed by atoms with Gasteiger partial charge in [0.15, 0.2) is 0 Å². The molecule has 7 nitrogen and oxygen atoms in total. The van der Waals surface area contributed by atoms with E-state index in [1.165, 1.54) is 6.07 Å². The number of primary amides is 1. The Morgan fingerprint density at radius 3 is 2.71 bits per heavy atom. The zero-order chi connectivity index (χ0) is 22.5. The van der Waals surface area contributed by atoms with Crippen LogP contribution in [0.2, 0.25) is 0 Å². The van der Waals surface area contributed by atoms with Crippen molar-refractivity contribution in [1.82, 2.24) is 10.2 Å². The Kier molecular flexibility index (Phi) is 6.69. The van der Waals surface area contributed by atoms with Gasteiger partial charge in [-0.15, -0.1) is 6.58 Å². The molecule has 1 heterocycles. The van der Waals surface area contributed by atoms with Crippen molar-refractivity contribution < 1.29 is 18.8 Å². The number of nitrogens with one attached hydrogen (secondary N) is 2. The summed E-state index contributed by atoms with van der Waals surface area (Å²) in [6, 6.07) is 9.09. The molecule has 0 radical (unpaired) electrons. The smallest absolute Gasteiger partial charge is 0.255 e. The highest BCUT2D eigenvalue weighted by molar-refractivity contribution is 6.02. The summed E-state index contributed by atoms with van der Waals surface area (Å²) in [5, 5.41) is 5.76. The van der Waals surface area contributed by atoms with Gasteiger partial charge in [-0.05, 0) is 31.0 Å². The second-order valence-corrected chi connectivity index (χ2v) is 7.26. The molecule has 0 aliphatic carbocycles. The van der Waals surface area contributed by atoms with Crippen LogP contribution in [0.5, 0.6) is 0 Å². The quantitative estimate of drug-likeness (QED) is 0.538. The van der Waals surface area contributed by atoms with Crippen LogP contribution in [-0.4, -0.2) is 35.7 Å². The molecule has 1 aliphatic rings. The molecule has 0 aromatic heterocycles. The number of anilines is 1. The summed E-state index contributed by atoms with van der Waals surface area (Å²) < 4.78 is 14.5. The lowest BCUT2D eigenvalue weighted by Gasteiger charge is -2.26. The van der Waals surface area contributed by atoms with E-state index in [9.17, 15) is 18.8 Å². The van der Waals surface area contributed by atoms with E-state index in [2.05, 4.69) is 17.2 Å². The normalized spacial score (nSPS) is 13.5. The Balaban J connectivity index is 1.84. The van der Waals surface area contributed by atoms with Crippen molar-refractivity contribution in [2.24, 2.45) is 5.73 Å². The van der Waals surface area contributed by atoms with Crippen LogP contribution in [-0.2, 0) is 17.9 Å². The lowest BCUT2D eigenvalue weighted by Crippen LogP contribution is -2.46. The van der Waals surface area contributed by atoms with Gasteiger partial charge >= 0.3 is 0 Å². The molecule has 8 heteroatoms. The third-order valence-electron chi connectivity index (χ3n) is 5.38. The average molecular weight is 424 g/mol. The first kappa shape index (κ1) is 22.0. The number of carbonyl (C=O) groups excluding carboxylic acids is 3. The predicted molar refractivity (Wildman–Crippen MR) is 116 cm³/mol. The first-order valence-electron chi connectivity index (χ1n) is 9.95. The van der Waals surface area contributed by atoms with Crippen LogP contribution in [0.3, 0.4) is 0 Å². The van der Waals surface area contributed by atoms with Gasteiger partial charge in [-0.2, -0.15) is 0 Å². The van der Waals surface area contributed by atoms with Gasteiger partial charge in [0.25, 0.3) is 11.8 Å². The summed E-state index contributed by atoms with van der Waals surface area (Å²) in [6.07, 6.45) is 2.78. The molecule has 3 amide bonds. The fourth-order valence-corrected chi connectivity index (χ4v) is 3.74. The maximum Gasteiger partial charge on any atom is 0.255 e. The first-order chi connectivity index (χ1) is 14.9. The van der Waals surface area contributed by atoms with Gasteiger partial charge < -0.3 is 21.3 Å². The molecule has 1 atom stereocenters. The largest absolute Gasteiger partial charge is 0.381 e. The highest BCUT2D eigenvalue weighted by atomic mass is 19.1. The Morgan fingerprint density at radius 2 is 2.03 bits per heavy atom. The lowest BCUT2D eigenvalue weighted by molar-refractivity contribution is -0.125. The fourth-order valence-electron chi connectivity index (χ4n) is 3.74. The molecule has 0 spiro atoms. The van der Waals surface area contributed by atoms with Gasteiger partial charge in [0.05, 0.1) is 5.56 Å². The zero-order valence-corrected chi connectivity index (χ0v) is 17.3. The summed E-state index contributed by atoms with van der Waals surface area (Å²) >= 11 is 0. The molecule has 0 bridgehead atoms. The van der Waals surface area contributed by atoms with Gasteiger partial charge in [0.1, 0.15) is 11.9 Å². The van der Waals surface area contributed by atoms with Crippen LogP contribution < -0.4 is 16.4 Å². The number of halogens is 1. The van der Waals surface area contributed by atoms with E-state index in [0.717, 1.165) is 5.56 Å². The molecular formula is C23H25FN4O3. The van der Waals surface area contributed by atoms with Crippen LogP contribution >= 0.6 is 0 Å². The Labute approximate surface area is 180 Å². The van der Waals surface area contributed by atoms with Crippen molar-refractivity contribution in [2.45, 2.75) is 32.0 Å². The topological polar surface area (TPSA) is 105 Å². The minimum absolute atomic E-state index is 0.104. The van der Waals surface area contributed by atoms with Crippen molar-refractivity contribution in [3.8, 4) is 0 Å². The summed E-state index contributed by atoms with van der Waals surface area (Å²) in [6.45, 7) is 4.05. The highest BCUT2D eigenvalue weighted by Crippen LogP contribution is 2.32. The number of hydrogen-bond donors (Lipinski definition) is 3. The van der Waals surface area contributed by atoms with E-state index in [1.54, 1.807) is 48.4 Å². The van der Waals surface area contributed by atoms with E-state index >= 15 is 0 Å². The Bertz CT molecular complexity index is 1040. The summed E-state index contributed by atoms with van der Waals surface area (Å²) in [5.41, 5.74) is 7.23. The fraction of sp³-hybridized carbons (Fsp3) is 0.261. The van der Waals surface area contributed by atoms with E-state index < -0.39 is 17.8 Å². The van der Waals surface area contributed by atoms with Crippen LogP contribution in [0.25, 0.3) is 0 Å². The third kappa shape index (κ3) is 4.42. The molecule has 1 aliphatic heterocycles. The first-order valence-corrected chi connectivity index (χ1v) is 9.95. The zero-order valence-electron chi connectivity index (χ0n) is 17.3. The second-order valence-electron chi connectivity index (χ2n) is 7.26. The van der Waals surface area contributed by atoms with E-state index in [0.29, 0.717) is 24.1 Å². The molecule has 162 valence electrons. The molecule has 1 unspecified atom stereocenters. The molecule has 2 aromatic carbocycles. The standard InChI is InChI=1S/C23H25FN4O3/c1-3-4-11-19(22(30)26-2)28-13-17-15(23(28)31)8-6-10-18(17)27-12-14-7-5-9-16(20(14)24)21(25)29/h3,5-10,19,27H,1,4,11-13H2,2H3,(H2,25,29)(H,26,30). The number of carbonyl (C=O) groups is 3. The Hall–Kier alpha value is -3.68. The van der Waals surface area contributed by atoms with E-state index in [-0.39, 0.29) is 36.0 Å². The lowest BCUT2D eigenvalue weighted by atomic mass is 10.1. The van der Waals surface area contributed by atoms with Gasteiger partial charge in [-0.3, -0.25) is 14.4 Å². The summed E-state index contributed by atoms with van der Waals surface area (Å²) in [5.74, 6) is -1.96. The molecule has 31 heavy (non-hydrogen) atoms. The number of hydrogen-bond acceptors (Lipinski definition) is 4. The number of benzene rings is 2. The molecule has 4 N–H and O–H groups in total. The number of allylic oxidation sites excluding steroid dienone is 1. The number of fused-ring (bicyclic) bond motifs is 1. The van der Waals surface area contributed by atoms with Gasteiger partial charge in [0.2, 0.25) is 5.91 Å². The molecule has 2 aromatic rings. The maximum absolute atomic E-state index is 14.5.